The first kappa shape index (κ1) is 26.9. The fraction of sp³-hybridized carbons (Fsp3) is 0.792. The number of halogens is 1. The third-order valence-corrected chi connectivity index (χ3v) is 7.96. The lowest BCUT2D eigenvalue weighted by atomic mass is 9.73. The summed E-state index contributed by atoms with van der Waals surface area (Å²) in [5.74, 6) is 0.996. The van der Waals surface area contributed by atoms with E-state index in [1.54, 1.807) is 0 Å². The third-order valence-electron chi connectivity index (χ3n) is 6.84. The van der Waals surface area contributed by atoms with Gasteiger partial charge in [-0.1, -0.05) is 32.3 Å². The summed E-state index contributed by atoms with van der Waals surface area (Å²) in [6.45, 7) is 14.6. The molecule has 0 amide bonds. The summed E-state index contributed by atoms with van der Waals surface area (Å²) in [6, 6.07) is 4.53. The number of aliphatic imine (C=N–C) groups is 1. The van der Waals surface area contributed by atoms with E-state index in [4.69, 9.17) is 4.99 Å². The van der Waals surface area contributed by atoms with Gasteiger partial charge in [0.2, 0.25) is 0 Å². The van der Waals surface area contributed by atoms with Gasteiger partial charge in [-0.05, 0) is 57.1 Å². The van der Waals surface area contributed by atoms with E-state index >= 15 is 0 Å². The van der Waals surface area contributed by atoms with Crippen LogP contribution in [0, 0.1) is 0 Å². The molecule has 0 unspecified atom stereocenters. The topological polar surface area (TPSA) is 42.9 Å². The molecule has 1 aromatic heterocycles. The van der Waals surface area contributed by atoms with Crippen molar-refractivity contribution in [2.24, 2.45) is 4.99 Å². The molecule has 0 spiro atoms. The van der Waals surface area contributed by atoms with Crippen molar-refractivity contribution in [2.75, 3.05) is 58.9 Å². The number of thiophene rings is 1. The summed E-state index contributed by atoms with van der Waals surface area (Å²) in [5.41, 5.74) is 0.259. The maximum atomic E-state index is 5.06. The average Bonchev–Trinajstić information content (AvgIpc) is 3.34. The highest BCUT2D eigenvalue weighted by Crippen LogP contribution is 2.41. The molecule has 1 saturated heterocycles. The van der Waals surface area contributed by atoms with Crippen molar-refractivity contribution in [3.63, 3.8) is 0 Å². The van der Waals surface area contributed by atoms with Gasteiger partial charge < -0.3 is 20.4 Å². The lowest BCUT2D eigenvalue weighted by Crippen LogP contribution is -2.46. The van der Waals surface area contributed by atoms with E-state index in [9.17, 15) is 0 Å². The molecule has 2 aliphatic rings. The molecule has 0 aromatic carbocycles. The van der Waals surface area contributed by atoms with Crippen molar-refractivity contribution in [1.82, 2.24) is 20.4 Å². The van der Waals surface area contributed by atoms with Gasteiger partial charge in [0.1, 0.15) is 0 Å². The zero-order chi connectivity index (χ0) is 21.1. The maximum absolute atomic E-state index is 5.06. The quantitative estimate of drug-likeness (QED) is 0.191. The number of unbranched alkanes of at least 4 members (excludes halogenated alkanes) is 1. The monoisotopic (exact) mass is 561 g/mol. The molecule has 2 fully saturated rings. The Bertz CT molecular complexity index is 607. The maximum Gasteiger partial charge on any atom is 0.191 e. The van der Waals surface area contributed by atoms with Gasteiger partial charge in [0.15, 0.2) is 5.96 Å². The zero-order valence-corrected chi connectivity index (χ0v) is 22.9. The molecule has 0 radical (unpaired) electrons. The Labute approximate surface area is 211 Å². The second kappa shape index (κ2) is 14.7. The molecular weight excluding hydrogens is 517 g/mol. The standard InChI is InChI=1S/C24H43N5S.HI/c1-3-25-23(26-14-8-9-15-29-18-16-28(4-2)17-19-29)27-21-24(12-6-5-7-13-24)22-11-10-20-30-22;/h10-11,20H,3-9,12-19,21H2,1-2H3,(H2,25,26,27);1H. The van der Waals surface area contributed by atoms with Crippen LogP contribution in [0.3, 0.4) is 0 Å². The molecule has 2 heterocycles. The Morgan fingerprint density at radius 3 is 2.42 bits per heavy atom. The largest absolute Gasteiger partial charge is 0.357 e. The lowest BCUT2D eigenvalue weighted by molar-refractivity contribution is 0.136. The van der Waals surface area contributed by atoms with Crippen molar-refractivity contribution in [2.45, 2.75) is 64.2 Å². The van der Waals surface area contributed by atoms with Crippen LogP contribution >= 0.6 is 35.3 Å². The van der Waals surface area contributed by atoms with Crippen LogP contribution in [-0.2, 0) is 5.41 Å². The van der Waals surface area contributed by atoms with Crippen LogP contribution in [0.15, 0.2) is 22.5 Å². The van der Waals surface area contributed by atoms with Gasteiger partial charge in [-0.2, -0.15) is 0 Å². The van der Waals surface area contributed by atoms with Gasteiger partial charge >= 0.3 is 0 Å². The number of hydrogen-bond acceptors (Lipinski definition) is 4. The van der Waals surface area contributed by atoms with Gasteiger partial charge in [-0.3, -0.25) is 4.99 Å². The van der Waals surface area contributed by atoms with E-state index < -0.39 is 0 Å². The number of nitrogens with one attached hydrogen (secondary N) is 2. The molecule has 1 aliphatic carbocycles. The smallest absolute Gasteiger partial charge is 0.191 e. The van der Waals surface area contributed by atoms with E-state index in [-0.39, 0.29) is 29.4 Å². The Kier molecular flexibility index (Phi) is 12.7. The highest BCUT2D eigenvalue weighted by Gasteiger charge is 2.34. The first-order chi connectivity index (χ1) is 14.8. The van der Waals surface area contributed by atoms with E-state index in [2.05, 4.69) is 51.8 Å². The molecule has 2 N–H and O–H groups in total. The zero-order valence-electron chi connectivity index (χ0n) is 19.7. The van der Waals surface area contributed by atoms with Gasteiger partial charge in [0, 0.05) is 49.6 Å². The summed E-state index contributed by atoms with van der Waals surface area (Å²) < 4.78 is 0. The molecule has 5 nitrogen and oxygen atoms in total. The molecule has 31 heavy (non-hydrogen) atoms. The van der Waals surface area contributed by atoms with Crippen molar-refractivity contribution in [3.8, 4) is 0 Å². The minimum atomic E-state index is 0. The number of piperazine rings is 1. The molecular formula is C24H44IN5S. The Hall–Kier alpha value is -0.380. The van der Waals surface area contributed by atoms with Crippen molar-refractivity contribution < 1.29 is 0 Å². The number of guanidine groups is 1. The lowest BCUT2D eigenvalue weighted by Gasteiger charge is -2.35. The third kappa shape index (κ3) is 8.48. The molecule has 0 bridgehead atoms. The summed E-state index contributed by atoms with van der Waals surface area (Å²) in [6.07, 6.45) is 9.08. The van der Waals surface area contributed by atoms with Crippen LogP contribution in [0.1, 0.15) is 63.7 Å². The van der Waals surface area contributed by atoms with Crippen molar-refractivity contribution in [3.05, 3.63) is 22.4 Å². The minimum absolute atomic E-state index is 0. The van der Waals surface area contributed by atoms with Gasteiger partial charge in [-0.25, -0.2) is 0 Å². The van der Waals surface area contributed by atoms with Crippen LogP contribution < -0.4 is 10.6 Å². The fourth-order valence-electron chi connectivity index (χ4n) is 4.86. The second-order valence-electron chi connectivity index (χ2n) is 8.92. The number of hydrogen-bond donors (Lipinski definition) is 2. The molecule has 7 heteroatoms. The van der Waals surface area contributed by atoms with E-state index in [1.807, 2.05) is 11.3 Å². The molecule has 1 saturated carbocycles. The van der Waals surface area contributed by atoms with Gasteiger partial charge in [0.05, 0.1) is 6.54 Å². The van der Waals surface area contributed by atoms with Crippen LogP contribution in [-0.4, -0.2) is 74.7 Å². The highest BCUT2D eigenvalue weighted by atomic mass is 127. The van der Waals surface area contributed by atoms with Crippen LogP contribution in [0.2, 0.25) is 0 Å². The molecule has 1 aliphatic heterocycles. The average molecular weight is 562 g/mol. The van der Waals surface area contributed by atoms with Crippen LogP contribution in [0.4, 0.5) is 0 Å². The summed E-state index contributed by atoms with van der Waals surface area (Å²) in [7, 11) is 0. The van der Waals surface area contributed by atoms with Crippen LogP contribution in [0.25, 0.3) is 0 Å². The Morgan fingerprint density at radius 2 is 1.77 bits per heavy atom. The van der Waals surface area contributed by atoms with E-state index in [0.717, 1.165) is 25.6 Å². The molecule has 3 rings (SSSR count). The van der Waals surface area contributed by atoms with Gasteiger partial charge in [-0.15, -0.1) is 35.3 Å². The van der Waals surface area contributed by atoms with Gasteiger partial charge in [0.25, 0.3) is 0 Å². The predicted molar refractivity (Wildman–Crippen MR) is 146 cm³/mol. The van der Waals surface area contributed by atoms with Crippen molar-refractivity contribution in [1.29, 1.82) is 0 Å². The van der Waals surface area contributed by atoms with Crippen LogP contribution in [0.5, 0.6) is 0 Å². The first-order valence-electron chi connectivity index (χ1n) is 12.3. The first-order valence-corrected chi connectivity index (χ1v) is 13.1. The molecule has 0 atom stereocenters. The molecule has 1 aromatic rings. The summed E-state index contributed by atoms with van der Waals surface area (Å²) in [5, 5.41) is 9.28. The Morgan fingerprint density at radius 1 is 1.03 bits per heavy atom. The van der Waals surface area contributed by atoms with E-state index in [1.165, 1.54) is 89.1 Å². The summed E-state index contributed by atoms with van der Waals surface area (Å²) >= 11 is 1.92. The normalized spacial score (nSPS) is 20.3. The fourth-order valence-corrected chi connectivity index (χ4v) is 5.84. The highest BCUT2D eigenvalue weighted by molar-refractivity contribution is 14.0. The number of likely N-dealkylation sites (N-methyl/N-ethyl adjacent to an activating group) is 1. The summed E-state index contributed by atoms with van der Waals surface area (Å²) in [4.78, 5) is 11.8. The minimum Gasteiger partial charge on any atom is -0.357 e. The number of nitrogens with zero attached hydrogens (tertiary/aromatic N) is 3. The van der Waals surface area contributed by atoms with E-state index in [0.29, 0.717) is 0 Å². The van der Waals surface area contributed by atoms with Crippen molar-refractivity contribution >= 4 is 41.3 Å². The predicted octanol–water partition coefficient (Wildman–Crippen LogP) is 4.54. The number of rotatable bonds is 10. The molecule has 178 valence electrons. The second-order valence-corrected chi connectivity index (χ2v) is 9.87. The SMILES string of the molecule is CCNC(=NCC1(c2cccs2)CCCCC1)NCCCCN1CCN(CC)CC1.I. The Balaban J connectivity index is 0.00000341.